The fraction of sp³-hybridized carbons (Fsp3) is 0.333. The molecule has 8 heteroatoms. The Balaban J connectivity index is 1.89. The van der Waals surface area contributed by atoms with E-state index in [1.165, 1.54) is 0 Å². The van der Waals surface area contributed by atoms with Crippen LogP contribution in [-0.2, 0) is 0 Å². The van der Waals surface area contributed by atoms with Gasteiger partial charge in [-0.2, -0.15) is 9.97 Å². The Hall–Kier alpha value is -3.08. The van der Waals surface area contributed by atoms with Crippen molar-refractivity contribution in [3.05, 3.63) is 24.0 Å². The SMILES string of the molecule is CC(C)C#Cc1cc(NCCNc2ccnc(N)n2)nc(N)n1. The van der Waals surface area contributed by atoms with E-state index in [2.05, 4.69) is 42.4 Å². The van der Waals surface area contributed by atoms with Crippen molar-refractivity contribution in [1.82, 2.24) is 19.9 Å². The van der Waals surface area contributed by atoms with E-state index in [-0.39, 0.29) is 17.8 Å². The summed E-state index contributed by atoms with van der Waals surface area (Å²) >= 11 is 0. The predicted octanol–water partition coefficient (Wildman–Crippen LogP) is 0.962. The van der Waals surface area contributed by atoms with Crippen molar-refractivity contribution >= 4 is 23.5 Å². The second-order valence-electron chi connectivity index (χ2n) is 5.07. The average molecular weight is 312 g/mol. The van der Waals surface area contributed by atoms with Gasteiger partial charge in [0.2, 0.25) is 11.9 Å². The minimum Gasteiger partial charge on any atom is -0.368 e. The highest BCUT2D eigenvalue weighted by atomic mass is 15.1. The minimum atomic E-state index is 0.194. The van der Waals surface area contributed by atoms with Crippen LogP contribution in [0, 0.1) is 17.8 Å². The number of anilines is 4. The molecule has 0 fully saturated rings. The summed E-state index contributed by atoms with van der Waals surface area (Å²) in [6.07, 6.45) is 1.60. The highest BCUT2D eigenvalue weighted by Gasteiger charge is 2.01. The molecule has 0 saturated heterocycles. The van der Waals surface area contributed by atoms with Crippen LogP contribution in [0.3, 0.4) is 0 Å². The normalized spacial score (nSPS) is 10.0. The molecule has 6 N–H and O–H groups in total. The molecule has 0 bridgehead atoms. The number of aromatic nitrogens is 4. The Kier molecular flexibility index (Phi) is 5.52. The molecule has 0 aliphatic carbocycles. The van der Waals surface area contributed by atoms with Crippen molar-refractivity contribution in [1.29, 1.82) is 0 Å². The van der Waals surface area contributed by atoms with Crippen molar-refractivity contribution in [3.8, 4) is 11.8 Å². The van der Waals surface area contributed by atoms with Crippen LogP contribution in [0.25, 0.3) is 0 Å². The summed E-state index contributed by atoms with van der Waals surface area (Å²) in [4.78, 5) is 16.1. The molecule has 23 heavy (non-hydrogen) atoms. The van der Waals surface area contributed by atoms with Crippen LogP contribution >= 0.6 is 0 Å². The van der Waals surface area contributed by atoms with Crippen molar-refractivity contribution in [2.75, 3.05) is 35.2 Å². The summed E-state index contributed by atoms with van der Waals surface area (Å²) in [6.45, 7) is 5.29. The molecule has 0 atom stereocenters. The standard InChI is InChI=1S/C15H20N8/c1-10(2)3-4-11-9-13(23-15(17)21-11)19-8-7-18-12-5-6-20-14(16)22-12/h5-6,9-10H,7-8H2,1-2H3,(H3,16,18,20,22)(H3,17,19,21,23). The monoisotopic (exact) mass is 312 g/mol. The molecule has 0 saturated carbocycles. The highest BCUT2D eigenvalue weighted by Crippen LogP contribution is 2.07. The first kappa shape index (κ1) is 16.3. The highest BCUT2D eigenvalue weighted by molar-refractivity contribution is 5.46. The third kappa shape index (κ3) is 5.67. The summed E-state index contributed by atoms with van der Waals surface area (Å²) in [7, 11) is 0. The van der Waals surface area contributed by atoms with E-state index in [0.717, 1.165) is 0 Å². The first-order valence-corrected chi connectivity index (χ1v) is 7.25. The smallest absolute Gasteiger partial charge is 0.223 e. The van der Waals surface area contributed by atoms with E-state index in [1.807, 2.05) is 13.8 Å². The van der Waals surface area contributed by atoms with Crippen molar-refractivity contribution in [3.63, 3.8) is 0 Å². The second-order valence-corrected chi connectivity index (χ2v) is 5.07. The van der Waals surface area contributed by atoms with Gasteiger partial charge in [-0.15, -0.1) is 0 Å². The maximum absolute atomic E-state index is 5.70. The molecule has 2 aromatic heterocycles. The minimum absolute atomic E-state index is 0.194. The van der Waals surface area contributed by atoms with Gasteiger partial charge in [0.15, 0.2) is 0 Å². The number of rotatable bonds is 5. The molecule has 2 heterocycles. The molecule has 0 amide bonds. The quantitative estimate of drug-likeness (QED) is 0.475. The lowest BCUT2D eigenvalue weighted by atomic mass is 10.2. The second kappa shape index (κ2) is 7.79. The molecular formula is C15H20N8. The fourth-order valence-corrected chi connectivity index (χ4v) is 1.69. The third-order valence-corrected chi connectivity index (χ3v) is 2.64. The van der Waals surface area contributed by atoms with Gasteiger partial charge in [0.05, 0.1) is 0 Å². The summed E-state index contributed by atoms with van der Waals surface area (Å²) in [5, 5.41) is 6.29. The van der Waals surface area contributed by atoms with Gasteiger partial charge in [-0.05, 0) is 12.0 Å². The van der Waals surface area contributed by atoms with Crippen molar-refractivity contribution in [2.24, 2.45) is 5.92 Å². The summed E-state index contributed by atoms with van der Waals surface area (Å²) in [5.41, 5.74) is 11.8. The molecule has 2 aromatic rings. The molecule has 0 unspecified atom stereocenters. The molecule has 0 aromatic carbocycles. The van der Waals surface area contributed by atoms with E-state index < -0.39 is 0 Å². The van der Waals surface area contributed by atoms with E-state index in [0.29, 0.717) is 30.4 Å². The molecule has 2 rings (SSSR count). The van der Waals surface area contributed by atoms with Gasteiger partial charge in [-0.3, -0.25) is 0 Å². The van der Waals surface area contributed by atoms with Crippen molar-refractivity contribution in [2.45, 2.75) is 13.8 Å². The van der Waals surface area contributed by atoms with Crippen LogP contribution in [0.4, 0.5) is 23.5 Å². The van der Waals surface area contributed by atoms with Crippen LogP contribution < -0.4 is 22.1 Å². The Bertz CT molecular complexity index is 717. The largest absolute Gasteiger partial charge is 0.368 e. The van der Waals surface area contributed by atoms with Crippen LogP contribution in [-0.4, -0.2) is 33.0 Å². The van der Waals surface area contributed by atoms with E-state index >= 15 is 0 Å². The van der Waals surface area contributed by atoms with Gasteiger partial charge in [0.25, 0.3) is 0 Å². The lowest BCUT2D eigenvalue weighted by molar-refractivity contribution is 0.866. The van der Waals surface area contributed by atoms with E-state index in [4.69, 9.17) is 11.5 Å². The van der Waals surface area contributed by atoms with Gasteiger partial charge in [-0.25, -0.2) is 9.97 Å². The van der Waals surface area contributed by atoms with E-state index in [1.54, 1.807) is 18.3 Å². The maximum atomic E-state index is 5.70. The zero-order valence-electron chi connectivity index (χ0n) is 13.2. The summed E-state index contributed by atoms with van der Waals surface area (Å²) < 4.78 is 0. The lowest BCUT2D eigenvalue weighted by Gasteiger charge is -2.08. The molecule has 8 nitrogen and oxygen atoms in total. The number of nitrogen functional groups attached to an aromatic ring is 2. The fourth-order valence-electron chi connectivity index (χ4n) is 1.69. The van der Waals surface area contributed by atoms with Crippen LogP contribution in [0.15, 0.2) is 18.3 Å². The van der Waals surface area contributed by atoms with Crippen molar-refractivity contribution < 1.29 is 0 Å². The predicted molar refractivity (Wildman–Crippen MR) is 91.6 cm³/mol. The molecule has 0 radical (unpaired) electrons. The van der Waals surface area contributed by atoms with Gasteiger partial charge >= 0.3 is 0 Å². The molecule has 120 valence electrons. The zero-order valence-corrected chi connectivity index (χ0v) is 13.2. The first-order valence-electron chi connectivity index (χ1n) is 7.25. The number of hydrogen-bond acceptors (Lipinski definition) is 8. The molecular weight excluding hydrogens is 292 g/mol. The Morgan fingerprint density at radius 1 is 1.04 bits per heavy atom. The van der Waals surface area contributed by atoms with Crippen LogP contribution in [0.2, 0.25) is 0 Å². The Morgan fingerprint density at radius 3 is 2.43 bits per heavy atom. The summed E-state index contributed by atoms with van der Waals surface area (Å²) in [5.74, 6) is 8.03. The topological polar surface area (TPSA) is 128 Å². The maximum Gasteiger partial charge on any atom is 0.223 e. The lowest BCUT2D eigenvalue weighted by Crippen LogP contribution is -2.16. The van der Waals surface area contributed by atoms with E-state index in [9.17, 15) is 0 Å². The molecule has 0 spiro atoms. The Morgan fingerprint density at radius 2 is 1.74 bits per heavy atom. The first-order chi connectivity index (χ1) is 11.0. The third-order valence-electron chi connectivity index (χ3n) is 2.64. The summed E-state index contributed by atoms with van der Waals surface area (Å²) in [6, 6.07) is 3.52. The van der Waals surface area contributed by atoms with Gasteiger partial charge in [0, 0.05) is 31.3 Å². The number of nitrogens with two attached hydrogens (primary N) is 2. The average Bonchev–Trinajstić information content (AvgIpc) is 2.49. The van der Waals surface area contributed by atoms with Crippen LogP contribution in [0.1, 0.15) is 19.5 Å². The molecule has 0 aliphatic heterocycles. The zero-order chi connectivity index (χ0) is 16.7. The number of nitrogens with zero attached hydrogens (tertiary/aromatic N) is 4. The van der Waals surface area contributed by atoms with Crippen LogP contribution in [0.5, 0.6) is 0 Å². The van der Waals surface area contributed by atoms with Gasteiger partial charge < -0.3 is 22.1 Å². The Labute approximate surface area is 135 Å². The molecule has 0 aliphatic rings. The number of nitrogens with one attached hydrogen (secondary N) is 2. The van der Waals surface area contributed by atoms with Gasteiger partial charge in [0.1, 0.15) is 17.3 Å². The number of hydrogen-bond donors (Lipinski definition) is 4. The van der Waals surface area contributed by atoms with Gasteiger partial charge in [-0.1, -0.05) is 19.8 Å².